The van der Waals surface area contributed by atoms with Gasteiger partial charge in [-0.2, -0.15) is 4.98 Å². The number of nitrogens with zero attached hydrogens (tertiary/aromatic N) is 3. The Morgan fingerprint density at radius 1 is 1.18 bits per heavy atom. The summed E-state index contributed by atoms with van der Waals surface area (Å²) in [5.41, 5.74) is 1.03. The Morgan fingerprint density at radius 3 is 2.82 bits per heavy atom. The van der Waals surface area contributed by atoms with Crippen LogP contribution in [0.3, 0.4) is 0 Å². The van der Waals surface area contributed by atoms with Gasteiger partial charge in [-0.3, -0.25) is 14.6 Å². The number of carbonyl (C=O) groups excluding carboxylic acids is 2. The van der Waals surface area contributed by atoms with Gasteiger partial charge in [0.2, 0.25) is 5.82 Å². The number of rotatable bonds is 8. The van der Waals surface area contributed by atoms with E-state index < -0.39 is 11.9 Å². The zero-order valence-corrected chi connectivity index (χ0v) is 15.1. The van der Waals surface area contributed by atoms with E-state index in [4.69, 9.17) is 14.0 Å². The Bertz CT molecular complexity index is 942. The lowest BCUT2D eigenvalue weighted by molar-refractivity contribution is -0.144. The summed E-state index contributed by atoms with van der Waals surface area (Å²) in [7, 11) is 0. The average Bonchev–Trinajstić information content (AvgIpc) is 3.21. The molecule has 9 heteroatoms. The third kappa shape index (κ3) is 4.91. The van der Waals surface area contributed by atoms with Crippen LogP contribution >= 0.6 is 0 Å². The summed E-state index contributed by atoms with van der Waals surface area (Å²) in [5, 5.41) is 6.30. The molecule has 0 spiro atoms. The van der Waals surface area contributed by atoms with Gasteiger partial charge in [0, 0.05) is 18.0 Å². The first-order valence-electron chi connectivity index (χ1n) is 8.56. The molecule has 0 saturated carbocycles. The van der Waals surface area contributed by atoms with E-state index in [1.807, 2.05) is 6.92 Å². The Kier molecular flexibility index (Phi) is 6.29. The lowest BCUT2D eigenvalue weighted by atomic mass is 10.2. The van der Waals surface area contributed by atoms with Crippen LogP contribution in [0, 0.1) is 0 Å². The normalized spacial score (nSPS) is 10.3. The predicted molar refractivity (Wildman–Crippen MR) is 97.3 cm³/mol. The van der Waals surface area contributed by atoms with Crippen molar-refractivity contribution in [1.29, 1.82) is 0 Å². The molecule has 144 valence electrons. The fourth-order valence-corrected chi connectivity index (χ4v) is 2.30. The van der Waals surface area contributed by atoms with Crippen LogP contribution in [-0.2, 0) is 16.1 Å². The second kappa shape index (κ2) is 9.26. The molecule has 3 aromatic rings. The standard InChI is InChI=1S/C19H18N4O5/c1-2-26-15-8-4-3-7-14(15)19(25)21-11-17(24)27-12-16-22-18(23-28-16)13-6-5-9-20-10-13/h3-10H,2,11-12H2,1H3,(H,21,25). The Labute approximate surface area is 160 Å². The van der Waals surface area contributed by atoms with E-state index >= 15 is 0 Å². The van der Waals surface area contributed by atoms with Gasteiger partial charge in [-0.05, 0) is 31.2 Å². The molecule has 1 aromatic carbocycles. The molecule has 2 heterocycles. The highest BCUT2D eigenvalue weighted by molar-refractivity contribution is 5.98. The quantitative estimate of drug-likeness (QED) is 0.588. The van der Waals surface area contributed by atoms with Crippen LogP contribution in [0.15, 0.2) is 53.3 Å². The number of esters is 1. The number of nitrogens with one attached hydrogen (secondary N) is 1. The number of hydrogen-bond acceptors (Lipinski definition) is 8. The average molecular weight is 382 g/mol. The topological polar surface area (TPSA) is 116 Å². The highest BCUT2D eigenvalue weighted by Gasteiger charge is 2.15. The van der Waals surface area contributed by atoms with Crippen LogP contribution in [0.1, 0.15) is 23.2 Å². The van der Waals surface area contributed by atoms with E-state index in [2.05, 4.69) is 20.4 Å². The van der Waals surface area contributed by atoms with Gasteiger partial charge in [-0.1, -0.05) is 17.3 Å². The van der Waals surface area contributed by atoms with Gasteiger partial charge in [-0.25, -0.2) is 0 Å². The summed E-state index contributed by atoms with van der Waals surface area (Å²) < 4.78 is 15.5. The maximum absolute atomic E-state index is 12.2. The SMILES string of the molecule is CCOc1ccccc1C(=O)NCC(=O)OCc1nc(-c2cccnc2)no1. The molecule has 0 aliphatic rings. The fraction of sp³-hybridized carbons (Fsp3) is 0.211. The van der Waals surface area contributed by atoms with Gasteiger partial charge < -0.3 is 19.3 Å². The van der Waals surface area contributed by atoms with Gasteiger partial charge in [0.1, 0.15) is 12.3 Å². The number of carbonyl (C=O) groups is 2. The number of ether oxygens (including phenoxy) is 2. The molecular formula is C19H18N4O5. The summed E-state index contributed by atoms with van der Waals surface area (Å²) >= 11 is 0. The molecule has 0 aliphatic heterocycles. The van der Waals surface area contributed by atoms with Gasteiger partial charge in [0.25, 0.3) is 11.8 Å². The fourth-order valence-electron chi connectivity index (χ4n) is 2.30. The van der Waals surface area contributed by atoms with Crippen LogP contribution in [0.25, 0.3) is 11.4 Å². The molecule has 0 saturated heterocycles. The zero-order chi connectivity index (χ0) is 19.8. The van der Waals surface area contributed by atoms with Crippen LogP contribution in [-0.4, -0.2) is 40.2 Å². The van der Waals surface area contributed by atoms with Crippen molar-refractivity contribution in [2.45, 2.75) is 13.5 Å². The Hall–Kier alpha value is -3.75. The van der Waals surface area contributed by atoms with Crippen molar-refractivity contribution in [3.05, 3.63) is 60.2 Å². The van der Waals surface area contributed by atoms with E-state index in [9.17, 15) is 9.59 Å². The maximum Gasteiger partial charge on any atom is 0.325 e. The summed E-state index contributed by atoms with van der Waals surface area (Å²) in [5.74, 6) is -0.133. The molecule has 0 aliphatic carbocycles. The van der Waals surface area contributed by atoms with E-state index in [0.29, 0.717) is 29.3 Å². The predicted octanol–water partition coefficient (Wildman–Crippen LogP) is 2.00. The molecule has 3 rings (SSSR count). The molecule has 28 heavy (non-hydrogen) atoms. The summed E-state index contributed by atoms with van der Waals surface area (Å²) in [6, 6.07) is 10.3. The van der Waals surface area contributed by atoms with Gasteiger partial charge in [-0.15, -0.1) is 0 Å². The van der Waals surface area contributed by atoms with Crippen molar-refractivity contribution < 1.29 is 23.6 Å². The molecule has 1 N–H and O–H groups in total. The van der Waals surface area contributed by atoms with Crippen molar-refractivity contribution in [3.8, 4) is 17.1 Å². The van der Waals surface area contributed by atoms with Gasteiger partial charge in [0.05, 0.1) is 12.2 Å². The molecule has 0 unspecified atom stereocenters. The van der Waals surface area contributed by atoms with Crippen LogP contribution in [0.5, 0.6) is 5.75 Å². The number of benzene rings is 1. The number of hydrogen-bond donors (Lipinski definition) is 1. The van der Waals surface area contributed by atoms with Crippen molar-refractivity contribution in [1.82, 2.24) is 20.4 Å². The van der Waals surface area contributed by atoms with Gasteiger partial charge in [0.15, 0.2) is 6.61 Å². The molecule has 1 amide bonds. The first kappa shape index (κ1) is 19.0. The van der Waals surface area contributed by atoms with E-state index in [-0.39, 0.29) is 19.0 Å². The Morgan fingerprint density at radius 2 is 2.04 bits per heavy atom. The number of aromatic nitrogens is 3. The summed E-state index contributed by atoms with van der Waals surface area (Å²) in [6.45, 7) is 1.75. The molecule has 2 aromatic heterocycles. The minimum atomic E-state index is -0.636. The van der Waals surface area contributed by atoms with Gasteiger partial charge >= 0.3 is 5.97 Å². The number of para-hydroxylation sites is 1. The number of pyridine rings is 1. The minimum Gasteiger partial charge on any atom is -0.493 e. The highest BCUT2D eigenvalue weighted by atomic mass is 16.6. The minimum absolute atomic E-state index is 0.139. The van der Waals surface area contributed by atoms with Crippen LogP contribution in [0.4, 0.5) is 0 Å². The maximum atomic E-state index is 12.2. The number of amides is 1. The largest absolute Gasteiger partial charge is 0.493 e. The molecule has 0 atom stereocenters. The molecular weight excluding hydrogens is 364 g/mol. The van der Waals surface area contributed by atoms with Crippen molar-refractivity contribution in [2.24, 2.45) is 0 Å². The molecule has 0 fully saturated rings. The van der Waals surface area contributed by atoms with Crippen LogP contribution < -0.4 is 10.1 Å². The van der Waals surface area contributed by atoms with Crippen molar-refractivity contribution in [3.63, 3.8) is 0 Å². The van der Waals surface area contributed by atoms with E-state index in [1.165, 1.54) is 0 Å². The molecule has 9 nitrogen and oxygen atoms in total. The summed E-state index contributed by atoms with van der Waals surface area (Å²) in [6.07, 6.45) is 3.23. The smallest absolute Gasteiger partial charge is 0.325 e. The third-order valence-corrected chi connectivity index (χ3v) is 3.57. The first-order chi connectivity index (χ1) is 13.7. The summed E-state index contributed by atoms with van der Waals surface area (Å²) in [4.78, 5) is 32.2. The van der Waals surface area contributed by atoms with Crippen molar-refractivity contribution >= 4 is 11.9 Å². The second-order valence-corrected chi connectivity index (χ2v) is 5.53. The molecule has 0 bridgehead atoms. The monoisotopic (exact) mass is 382 g/mol. The zero-order valence-electron chi connectivity index (χ0n) is 15.1. The lowest BCUT2D eigenvalue weighted by Crippen LogP contribution is -2.30. The Balaban J connectivity index is 1.49. The second-order valence-electron chi connectivity index (χ2n) is 5.53. The third-order valence-electron chi connectivity index (χ3n) is 3.57. The van der Waals surface area contributed by atoms with E-state index in [0.717, 1.165) is 0 Å². The first-order valence-corrected chi connectivity index (χ1v) is 8.56. The molecule has 0 radical (unpaired) electrons. The highest BCUT2D eigenvalue weighted by Crippen LogP contribution is 2.17. The lowest BCUT2D eigenvalue weighted by Gasteiger charge is -2.10. The van der Waals surface area contributed by atoms with E-state index in [1.54, 1.807) is 48.8 Å². The van der Waals surface area contributed by atoms with Crippen molar-refractivity contribution in [2.75, 3.05) is 13.2 Å². The van der Waals surface area contributed by atoms with Crippen LogP contribution in [0.2, 0.25) is 0 Å².